The maximum Gasteiger partial charge on any atom is 0.397 e. The van der Waals surface area contributed by atoms with Crippen LogP contribution < -0.4 is 9.47 Å². The zero-order valence-corrected chi connectivity index (χ0v) is 19.5. The Bertz CT molecular complexity index is 1100. The van der Waals surface area contributed by atoms with Gasteiger partial charge in [-0.05, 0) is 19.8 Å². The number of halogens is 3. The standard InChI is InChI=1S/C23H26F3N5O4/c1-14(2)28-18-15(3)35-21(29-18)31-9-7-30(8-10-31)20(32)16-11-17(33-4)19(27-12-16)34-13-22(5-6-22)23(24,25)26/h11-12H,1,3,5-10,13H2,2,4H3. The molecule has 0 bridgehead atoms. The molecule has 1 saturated heterocycles. The van der Waals surface area contributed by atoms with Gasteiger partial charge in [-0.25, -0.2) is 9.98 Å². The molecule has 188 valence electrons. The molecule has 0 atom stereocenters. The summed E-state index contributed by atoms with van der Waals surface area (Å²) in [6, 6.07) is 1.80. The minimum Gasteiger partial charge on any atom is -0.491 e. The van der Waals surface area contributed by atoms with E-state index in [1.807, 2.05) is 4.90 Å². The molecular formula is C23H26F3N5O4. The Kier molecular flexibility index (Phi) is 6.48. The van der Waals surface area contributed by atoms with Gasteiger partial charge in [-0.2, -0.15) is 18.2 Å². The first-order valence-electron chi connectivity index (χ1n) is 11.0. The van der Waals surface area contributed by atoms with Crippen molar-refractivity contribution in [2.24, 2.45) is 15.4 Å². The molecule has 2 aliphatic heterocycles. The maximum absolute atomic E-state index is 13.2. The molecule has 12 heteroatoms. The first-order valence-corrected chi connectivity index (χ1v) is 11.0. The molecule has 1 saturated carbocycles. The Morgan fingerprint density at radius 1 is 1.29 bits per heavy atom. The molecule has 0 N–H and O–H groups in total. The highest BCUT2D eigenvalue weighted by atomic mass is 19.4. The molecule has 35 heavy (non-hydrogen) atoms. The van der Waals surface area contributed by atoms with Gasteiger partial charge in [-0.15, -0.1) is 0 Å². The third kappa shape index (κ3) is 5.10. The summed E-state index contributed by atoms with van der Waals surface area (Å²) in [4.78, 5) is 29.1. The number of nitrogens with zero attached hydrogens (tertiary/aromatic N) is 5. The van der Waals surface area contributed by atoms with E-state index in [0.29, 0.717) is 49.5 Å². The number of amides is 1. The van der Waals surface area contributed by atoms with E-state index in [2.05, 4.69) is 28.1 Å². The second-order valence-electron chi connectivity index (χ2n) is 8.67. The fraction of sp³-hybridized carbons (Fsp3) is 0.478. The third-order valence-electron chi connectivity index (χ3n) is 6.02. The second-order valence-corrected chi connectivity index (χ2v) is 8.67. The van der Waals surface area contributed by atoms with E-state index in [0.717, 1.165) is 0 Å². The van der Waals surface area contributed by atoms with Crippen LogP contribution in [0.5, 0.6) is 11.6 Å². The van der Waals surface area contributed by atoms with Gasteiger partial charge < -0.3 is 24.0 Å². The lowest BCUT2D eigenvalue weighted by atomic mass is 10.1. The number of carbonyl (C=O) groups is 1. The number of aromatic nitrogens is 1. The van der Waals surface area contributed by atoms with E-state index in [9.17, 15) is 18.0 Å². The van der Waals surface area contributed by atoms with Gasteiger partial charge in [0.25, 0.3) is 17.8 Å². The fourth-order valence-electron chi connectivity index (χ4n) is 3.69. The van der Waals surface area contributed by atoms with Crippen LogP contribution in [-0.2, 0) is 4.74 Å². The van der Waals surface area contributed by atoms with Crippen LogP contribution in [0.2, 0.25) is 0 Å². The number of hydrogen-bond acceptors (Lipinski definition) is 7. The number of methoxy groups -OCH3 is 1. The van der Waals surface area contributed by atoms with E-state index < -0.39 is 18.2 Å². The normalized spacial score (nSPS) is 20.4. The highest BCUT2D eigenvalue weighted by molar-refractivity contribution is 6.09. The molecule has 9 nitrogen and oxygen atoms in total. The Labute approximate surface area is 200 Å². The smallest absolute Gasteiger partial charge is 0.397 e. The average molecular weight is 493 g/mol. The van der Waals surface area contributed by atoms with Crippen molar-refractivity contribution in [3.63, 3.8) is 0 Å². The van der Waals surface area contributed by atoms with E-state index in [1.165, 1.54) is 19.4 Å². The number of ether oxygens (including phenoxy) is 3. The van der Waals surface area contributed by atoms with Crippen LogP contribution in [0, 0.1) is 5.41 Å². The molecule has 0 unspecified atom stereocenters. The Hall–Kier alpha value is -3.57. The molecule has 3 aliphatic rings. The maximum atomic E-state index is 13.2. The highest BCUT2D eigenvalue weighted by Gasteiger charge is 2.64. The van der Waals surface area contributed by atoms with Crippen LogP contribution in [-0.4, -0.2) is 78.6 Å². The summed E-state index contributed by atoms with van der Waals surface area (Å²) >= 11 is 0. The van der Waals surface area contributed by atoms with Gasteiger partial charge in [-0.1, -0.05) is 13.2 Å². The van der Waals surface area contributed by atoms with Crippen molar-refractivity contribution in [3.8, 4) is 11.6 Å². The van der Waals surface area contributed by atoms with Crippen LogP contribution in [0.1, 0.15) is 30.1 Å². The van der Waals surface area contributed by atoms with Gasteiger partial charge in [0, 0.05) is 44.1 Å². The molecule has 1 aliphatic carbocycles. The first-order chi connectivity index (χ1) is 16.5. The lowest BCUT2D eigenvalue weighted by Gasteiger charge is -2.34. The molecule has 3 heterocycles. The number of piperazine rings is 1. The highest BCUT2D eigenvalue weighted by Crippen LogP contribution is 2.57. The molecule has 0 aromatic carbocycles. The quantitative estimate of drug-likeness (QED) is 0.604. The zero-order chi connectivity index (χ0) is 25.4. The van der Waals surface area contributed by atoms with Crippen LogP contribution in [0.3, 0.4) is 0 Å². The predicted octanol–water partition coefficient (Wildman–Crippen LogP) is 3.40. The SMILES string of the molecule is C=C(C)N=C1N=C(N2CCN(C(=O)c3cnc(OCC4(C(F)(F)F)CC4)c(OC)c3)CC2)OC1=C. The van der Waals surface area contributed by atoms with Crippen molar-refractivity contribution in [2.45, 2.75) is 25.9 Å². The van der Waals surface area contributed by atoms with Crippen LogP contribution in [0.4, 0.5) is 13.2 Å². The Morgan fingerprint density at radius 3 is 2.54 bits per heavy atom. The van der Waals surface area contributed by atoms with E-state index in [1.54, 1.807) is 11.8 Å². The number of pyridine rings is 1. The van der Waals surface area contributed by atoms with Crippen LogP contribution in [0.25, 0.3) is 0 Å². The lowest BCUT2D eigenvalue weighted by Crippen LogP contribution is -2.50. The van der Waals surface area contributed by atoms with Gasteiger partial charge in [0.2, 0.25) is 0 Å². The number of aliphatic imine (C=N–C) groups is 2. The van der Waals surface area contributed by atoms with Crippen molar-refractivity contribution in [1.82, 2.24) is 14.8 Å². The minimum atomic E-state index is -4.33. The lowest BCUT2D eigenvalue weighted by molar-refractivity contribution is -0.194. The Balaban J connectivity index is 1.37. The molecular weight excluding hydrogens is 467 g/mol. The molecule has 0 spiro atoms. The van der Waals surface area contributed by atoms with Gasteiger partial charge in [0.15, 0.2) is 17.3 Å². The number of amidine groups is 2. The monoisotopic (exact) mass is 493 g/mol. The molecule has 1 aromatic rings. The summed E-state index contributed by atoms with van der Waals surface area (Å²) in [6.45, 7) is 10.5. The second kappa shape index (κ2) is 9.23. The van der Waals surface area contributed by atoms with E-state index >= 15 is 0 Å². The van der Waals surface area contributed by atoms with Gasteiger partial charge in [0.1, 0.15) is 12.0 Å². The number of hydrogen-bond donors (Lipinski definition) is 0. The summed E-state index contributed by atoms with van der Waals surface area (Å²) in [6.07, 6.45) is -3.00. The average Bonchev–Trinajstić information content (AvgIpc) is 3.55. The zero-order valence-electron chi connectivity index (χ0n) is 19.5. The number of carbonyl (C=O) groups excluding carboxylic acids is 1. The van der Waals surface area contributed by atoms with Crippen molar-refractivity contribution < 1.29 is 32.2 Å². The summed E-state index contributed by atoms with van der Waals surface area (Å²) < 4.78 is 55.6. The van der Waals surface area contributed by atoms with Crippen LogP contribution in [0.15, 0.2) is 46.9 Å². The van der Waals surface area contributed by atoms with Gasteiger partial charge >= 0.3 is 6.18 Å². The number of alkyl halides is 3. The Morgan fingerprint density at radius 2 is 1.97 bits per heavy atom. The van der Waals surface area contributed by atoms with Crippen LogP contribution >= 0.6 is 0 Å². The molecule has 0 radical (unpaired) electrons. The van der Waals surface area contributed by atoms with Crippen molar-refractivity contribution >= 4 is 17.8 Å². The summed E-state index contributed by atoms with van der Waals surface area (Å²) in [5.74, 6) is 0.454. The minimum absolute atomic E-state index is 0.0228. The molecule has 1 aromatic heterocycles. The first kappa shape index (κ1) is 24.6. The van der Waals surface area contributed by atoms with E-state index in [-0.39, 0.29) is 35.9 Å². The topological polar surface area (TPSA) is 88.9 Å². The summed E-state index contributed by atoms with van der Waals surface area (Å²) in [5, 5.41) is 0. The van der Waals surface area contributed by atoms with Gasteiger partial charge in [0.05, 0.1) is 12.7 Å². The van der Waals surface area contributed by atoms with Crippen molar-refractivity contribution in [1.29, 1.82) is 0 Å². The largest absolute Gasteiger partial charge is 0.491 e. The number of rotatable bonds is 6. The molecule has 4 rings (SSSR count). The molecule has 1 amide bonds. The summed E-state index contributed by atoms with van der Waals surface area (Å²) in [5.41, 5.74) is -0.999. The fourth-order valence-corrected chi connectivity index (χ4v) is 3.69. The molecule has 2 fully saturated rings. The van der Waals surface area contributed by atoms with Crippen molar-refractivity contribution in [2.75, 3.05) is 39.9 Å². The van der Waals surface area contributed by atoms with E-state index in [4.69, 9.17) is 14.2 Å². The third-order valence-corrected chi connectivity index (χ3v) is 6.02. The number of allylic oxidation sites excluding steroid dienone is 1. The van der Waals surface area contributed by atoms with Gasteiger partial charge in [-0.3, -0.25) is 4.79 Å². The summed E-state index contributed by atoms with van der Waals surface area (Å²) in [7, 11) is 1.34. The van der Waals surface area contributed by atoms with Crippen molar-refractivity contribution in [3.05, 3.63) is 42.4 Å². The predicted molar refractivity (Wildman–Crippen MR) is 121 cm³/mol.